The Kier molecular flexibility index (Phi) is 7.48. The molecule has 0 atom stereocenters. The van der Waals surface area contributed by atoms with E-state index < -0.39 is 0 Å². The van der Waals surface area contributed by atoms with Crippen molar-refractivity contribution < 1.29 is 4.74 Å². The smallest absolute Gasteiger partial charge is 0.191 e. The van der Waals surface area contributed by atoms with E-state index in [1.165, 1.54) is 25.7 Å². The first-order valence-electron chi connectivity index (χ1n) is 10.4. The van der Waals surface area contributed by atoms with Gasteiger partial charge in [-0.05, 0) is 49.3 Å². The number of benzene rings is 1. The molecule has 6 heteroatoms. The molecule has 1 saturated carbocycles. The molecule has 0 radical (unpaired) electrons. The van der Waals surface area contributed by atoms with Crippen molar-refractivity contribution in [3.8, 4) is 5.69 Å². The number of ether oxygens (including phenoxy) is 1. The lowest BCUT2D eigenvalue weighted by molar-refractivity contribution is 0.138. The average molecular weight is 384 g/mol. The van der Waals surface area contributed by atoms with Crippen LogP contribution >= 0.6 is 0 Å². The summed E-state index contributed by atoms with van der Waals surface area (Å²) in [7, 11) is 1.79. The van der Waals surface area contributed by atoms with Crippen LogP contribution in [0, 0.1) is 5.41 Å². The van der Waals surface area contributed by atoms with E-state index in [1.807, 2.05) is 23.0 Å². The second-order valence-electron chi connectivity index (χ2n) is 7.58. The van der Waals surface area contributed by atoms with E-state index >= 15 is 0 Å². The predicted octanol–water partition coefficient (Wildman–Crippen LogP) is 3.52. The second kappa shape index (κ2) is 10.3. The Labute approximate surface area is 168 Å². The maximum Gasteiger partial charge on any atom is 0.191 e. The molecule has 0 unspecified atom stereocenters. The van der Waals surface area contributed by atoms with Crippen molar-refractivity contribution in [2.24, 2.45) is 10.4 Å². The summed E-state index contributed by atoms with van der Waals surface area (Å²) in [5.41, 5.74) is 2.55. The van der Waals surface area contributed by atoms with Gasteiger partial charge >= 0.3 is 0 Å². The molecule has 1 aromatic carbocycles. The third-order valence-corrected chi connectivity index (χ3v) is 5.63. The molecule has 0 spiro atoms. The second-order valence-corrected chi connectivity index (χ2v) is 7.58. The topological polar surface area (TPSA) is 63.5 Å². The molecule has 3 rings (SSSR count). The molecule has 0 aliphatic heterocycles. The number of para-hydroxylation sites is 1. The number of aromatic nitrogens is 2. The SMILES string of the molecule is CCNC(=NCc1ccccc1-n1cccn1)NCC1(CCOC)CCCC1. The van der Waals surface area contributed by atoms with Crippen molar-refractivity contribution >= 4 is 5.96 Å². The highest BCUT2D eigenvalue weighted by Crippen LogP contribution is 2.40. The third kappa shape index (κ3) is 5.35. The van der Waals surface area contributed by atoms with E-state index in [9.17, 15) is 0 Å². The van der Waals surface area contributed by atoms with Crippen LogP contribution in [-0.2, 0) is 11.3 Å². The van der Waals surface area contributed by atoms with Crippen LogP contribution in [0.25, 0.3) is 5.69 Å². The van der Waals surface area contributed by atoms with Gasteiger partial charge in [0.05, 0.1) is 12.2 Å². The average Bonchev–Trinajstić information content (AvgIpc) is 3.41. The molecule has 1 aliphatic carbocycles. The Morgan fingerprint density at radius 1 is 1.21 bits per heavy atom. The molecule has 152 valence electrons. The molecule has 1 aliphatic rings. The fourth-order valence-corrected chi connectivity index (χ4v) is 4.02. The molecular formula is C22H33N5O. The highest BCUT2D eigenvalue weighted by Gasteiger charge is 2.33. The van der Waals surface area contributed by atoms with Gasteiger partial charge in [-0.25, -0.2) is 9.67 Å². The normalized spacial score (nSPS) is 16.3. The van der Waals surface area contributed by atoms with Gasteiger partial charge in [0.15, 0.2) is 5.96 Å². The maximum absolute atomic E-state index is 5.36. The number of nitrogens with one attached hydrogen (secondary N) is 2. The minimum atomic E-state index is 0.333. The minimum absolute atomic E-state index is 0.333. The third-order valence-electron chi connectivity index (χ3n) is 5.63. The van der Waals surface area contributed by atoms with Crippen LogP contribution in [0.3, 0.4) is 0 Å². The van der Waals surface area contributed by atoms with Gasteiger partial charge in [0.1, 0.15) is 0 Å². The first kappa shape index (κ1) is 20.4. The number of methoxy groups -OCH3 is 1. The summed E-state index contributed by atoms with van der Waals surface area (Å²) in [5.74, 6) is 0.876. The number of hydrogen-bond acceptors (Lipinski definition) is 3. The molecule has 1 heterocycles. The Balaban J connectivity index is 1.68. The number of nitrogens with zero attached hydrogens (tertiary/aromatic N) is 3. The fraction of sp³-hybridized carbons (Fsp3) is 0.545. The van der Waals surface area contributed by atoms with Crippen LogP contribution in [0.15, 0.2) is 47.7 Å². The number of hydrogen-bond donors (Lipinski definition) is 2. The number of rotatable bonds is 9. The predicted molar refractivity (Wildman–Crippen MR) is 114 cm³/mol. The first-order valence-corrected chi connectivity index (χ1v) is 10.4. The molecule has 0 bridgehead atoms. The summed E-state index contributed by atoms with van der Waals surface area (Å²) in [6.45, 7) is 5.33. The molecule has 1 fully saturated rings. The van der Waals surface area contributed by atoms with Crippen LogP contribution < -0.4 is 10.6 Å². The van der Waals surface area contributed by atoms with Crippen molar-refractivity contribution in [3.05, 3.63) is 48.3 Å². The van der Waals surface area contributed by atoms with E-state index in [4.69, 9.17) is 9.73 Å². The fourth-order valence-electron chi connectivity index (χ4n) is 4.02. The van der Waals surface area contributed by atoms with Crippen LogP contribution in [0.2, 0.25) is 0 Å². The molecule has 0 amide bonds. The summed E-state index contributed by atoms with van der Waals surface area (Å²) in [6.07, 6.45) is 10.0. The van der Waals surface area contributed by atoms with Crippen LogP contribution in [-0.4, -0.2) is 42.5 Å². The summed E-state index contributed by atoms with van der Waals surface area (Å²) in [6, 6.07) is 10.2. The number of aliphatic imine (C=N–C) groups is 1. The Bertz CT molecular complexity index is 735. The highest BCUT2D eigenvalue weighted by molar-refractivity contribution is 5.79. The highest BCUT2D eigenvalue weighted by atomic mass is 16.5. The minimum Gasteiger partial charge on any atom is -0.385 e. The summed E-state index contributed by atoms with van der Waals surface area (Å²) in [5, 5.41) is 11.3. The molecule has 1 aromatic heterocycles. The zero-order chi connectivity index (χ0) is 19.7. The van der Waals surface area contributed by atoms with Gasteiger partial charge in [0.25, 0.3) is 0 Å². The molecule has 2 N–H and O–H groups in total. The molecule has 2 aromatic rings. The Morgan fingerprint density at radius 3 is 2.75 bits per heavy atom. The van der Waals surface area contributed by atoms with E-state index in [-0.39, 0.29) is 0 Å². The van der Waals surface area contributed by atoms with Gasteiger partial charge in [-0.3, -0.25) is 0 Å². The molecule has 28 heavy (non-hydrogen) atoms. The largest absolute Gasteiger partial charge is 0.385 e. The van der Waals surface area contributed by atoms with E-state index in [0.717, 1.165) is 43.3 Å². The molecule has 0 saturated heterocycles. The van der Waals surface area contributed by atoms with Gasteiger partial charge in [-0.15, -0.1) is 0 Å². The van der Waals surface area contributed by atoms with Crippen molar-refractivity contribution in [2.45, 2.75) is 45.6 Å². The van der Waals surface area contributed by atoms with E-state index in [0.29, 0.717) is 12.0 Å². The van der Waals surface area contributed by atoms with Crippen LogP contribution in [0.1, 0.15) is 44.6 Å². The standard InChI is InChI=1S/C22H33N5O/c1-3-23-21(25-18-22(13-16-28-2)11-6-7-12-22)24-17-19-9-4-5-10-20(19)27-15-8-14-26-27/h4-5,8-10,14-15H,3,6-7,11-13,16-18H2,1-2H3,(H2,23,24,25). The summed E-state index contributed by atoms with van der Waals surface area (Å²) in [4.78, 5) is 4.85. The van der Waals surface area contributed by atoms with Crippen molar-refractivity contribution in [3.63, 3.8) is 0 Å². The molecular weight excluding hydrogens is 350 g/mol. The van der Waals surface area contributed by atoms with Crippen LogP contribution in [0.5, 0.6) is 0 Å². The zero-order valence-electron chi connectivity index (χ0n) is 17.2. The lowest BCUT2D eigenvalue weighted by Gasteiger charge is -2.30. The quantitative estimate of drug-likeness (QED) is 0.514. The maximum atomic E-state index is 5.36. The van der Waals surface area contributed by atoms with Gasteiger partial charge in [0.2, 0.25) is 0 Å². The Hall–Kier alpha value is -2.34. The first-order chi connectivity index (χ1) is 13.8. The van der Waals surface area contributed by atoms with Gasteiger partial charge in [-0.1, -0.05) is 31.0 Å². The van der Waals surface area contributed by atoms with Crippen molar-refractivity contribution in [2.75, 3.05) is 26.8 Å². The van der Waals surface area contributed by atoms with Gasteiger partial charge < -0.3 is 15.4 Å². The lowest BCUT2D eigenvalue weighted by atomic mass is 9.83. The number of guanidine groups is 1. The lowest BCUT2D eigenvalue weighted by Crippen LogP contribution is -2.43. The summed E-state index contributed by atoms with van der Waals surface area (Å²) < 4.78 is 7.25. The van der Waals surface area contributed by atoms with Crippen molar-refractivity contribution in [1.82, 2.24) is 20.4 Å². The van der Waals surface area contributed by atoms with E-state index in [2.05, 4.69) is 40.9 Å². The zero-order valence-corrected chi connectivity index (χ0v) is 17.2. The Morgan fingerprint density at radius 2 is 2.04 bits per heavy atom. The van der Waals surface area contributed by atoms with E-state index in [1.54, 1.807) is 13.3 Å². The molecule has 6 nitrogen and oxygen atoms in total. The van der Waals surface area contributed by atoms with Gasteiger partial charge in [0, 0.05) is 39.2 Å². The summed E-state index contributed by atoms with van der Waals surface area (Å²) >= 11 is 0. The monoisotopic (exact) mass is 383 g/mol. The van der Waals surface area contributed by atoms with Crippen molar-refractivity contribution in [1.29, 1.82) is 0 Å². The van der Waals surface area contributed by atoms with Crippen LogP contribution in [0.4, 0.5) is 0 Å². The van der Waals surface area contributed by atoms with Gasteiger partial charge in [-0.2, -0.15) is 5.10 Å².